The van der Waals surface area contributed by atoms with Crippen LogP contribution in [-0.4, -0.2) is 34.2 Å². The van der Waals surface area contributed by atoms with Crippen molar-refractivity contribution in [3.8, 4) is 11.3 Å². The highest BCUT2D eigenvalue weighted by Gasteiger charge is 2.12. The molecule has 3 heterocycles. The van der Waals surface area contributed by atoms with Crippen molar-refractivity contribution >= 4 is 28.3 Å². The van der Waals surface area contributed by atoms with Crippen LogP contribution in [0.2, 0.25) is 0 Å². The Kier molecular flexibility index (Phi) is 5.83. The lowest BCUT2D eigenvalue weighted by molar-refractivity contribution is -0.115. The molecule has 0 atom stereocenters. The first-order valence-corrected chi connectivity index (χ1v) is 11.3. The van der Waals surface area contributed by atoms with Crippen LogP contribution in [0.25, 0.3) is 22.2 Å². The van der Waals surface area contributed by atoms with Gasteiger partial charge < -0.3 is 15.2 Å². The second-order valence-electron chi connectivity index (χ2n) is 8.34. The van der Waals surface area contributed by atoms with Gasteiger partial charge in [-0.1, -0.05) is 43.2 Å². The van der Waals surface area contributed by atoms with Crippen LogP contribution >= 0.6 is 0 Å². The zero-order valence-electron chi connectivity index (χ0n) is 18.1. The quantitative estimate of drug-likeness (QED) is 0.462. The van der Waals surface area contributed by atoms with Gasteiger partial charge in [-0.3, -0.25) is 4.79 Å². The number of anilines is 2. The van der Waals surface area contributed by atoms with Gasteiger partial charge in [-0.15, -0.1) is 10.2 Å². The lowest BCUT2D eigenvalue weighted by Crippen LogP contribution is -2.25. The van der Waals surface area contributed by atoms with E-state index >= 15 is 0 Å². The Morgan fingerprint density at radius 3 is 2.44 bits per heavy atom. The van der Waals surface area contributed by atoms with E-state index in [9.17, 15) is 4.79 Å². The minimum atomic E-state index is -0.0379. The number of carbonyl (C=O) groups excluding carboxylic acids is 1. The average Bonchev–Trinajstić information content (AvgIpc) is 3.04. The van der Waals surface area contributed by atoms with Crippen molar-refractivity contribution in [3.05, 3.63) is 72.4 Å². The molecule has 0 spiro atoms. The minimum absolute atomic E-state index is 0.0379. The fourth-order valence-corrected chi connectivity index (χ4v) is 4.33. The third-order valence-corrected chi connectivity index (χ3v) is 6.07. The number of hydrogen-bond donors (Lipinski definition) is 2. The van der Waals surface area contributed by atoms with Gasteiger partial charge >= 0.3 is 0 Å². The summed E-state index contributed by atoms with van der Waals surface area (Å²) in [6.07, 6.45) is 7.27. The molecule has 6 nitrogen and oxygen atoms in total. The van der Waals surface area contributed by atoms with Crippen LogP contribution in [-0.2, 0) is 11.2 Å². The number of carbonyl (C=O) groups is 1. The number of para-hydroxylation sites is 1. The zero-order chi connectivity index (χ0) is 21.8. The van der Waals surface area contributed by atoms with E-state index in [1.54, 1.807) is 0 Å². The summed E-state index contributed by atoms with van der Waals surface area (Å²) < 4.78 is 0. The highest BCUT2D eigenvalue weighted by atomic mass is 16.1. The molecule has 2 aromatic heterocycles. The van der Waals surface area contributed by atoms with E-state index in [4.69, 9.17) is 0 Å². The van der Waals surface area contributed by atoms with Crippen LogP contribution in [0.3, 0.4) is 0 Å². The number of amides is 1. The Morgan fingerprint density at radius 1 is 0.906 bits per heavy atom. The standard InChI is InChI=1S/C26H27N5O/c32-26(17-20-18-27-24-8-4-3-7-22(20)24)28-21-11-9-19(10-12-21)23-13-14-25(30-29-23)31-15-5-1-2-6-16-31/h3-4,7-14,18,27H,1-2,5-6,15-17H2,(H,28,32). The van der Waals surface area contributed by atoms with Gasteiger partial charge in [-0.05, 0) is 48.7 Å². The molecule has 6 heteroatoms. The number of nitrogens with zero attached hydrogens (tertiary/aromatic N) is 3. The molecule has 32 heavy (non-hydrogen) atoms. The Labute approximate surface area is 187 Å². The summed E-state index contributed by atoms with van der Waals surface area (Å²) in [5, 5.41) is 13.0. The van der Waals surface area contributed by atoms with Gasteiger partial charge in [0.15, 0.2) is 5.82 Å². The van der Waals surface area contributed by atoms with Gasteiger partial charge in [-0.2, -0.15) is 0 Å². The highest BCUT2D eigenvalue weighted by molar-refractivity contribution is 5.95. The second-order valence-corrected chi connectivity index (χ2v) is 8.34. The average molecular weight is 426 g/mol. The maximum Gasteiger partial charge on any atom is 0.228 e. The topological polar surface area (TPSA) is 73.9 Å². The summed E-state index contributed by atoms with van der Waals surface area (Å²) in [6.45, 7) is 2.11. The normalized spacial score (nSPS) is 14.3. The van der Waals surface area contributed by atoms with Gasteiger partial charge in [-0.25, -0.2) is 0 Å². The van der Waals surface area contributed by atoms with Gasteiger partial charge in [0.1, 0.15) is 0 Å². The van der Waals surface area contributed by atoms with E-state index in [2.05, 4.69) is 31.5 Å². The number of aromatic amines is 1. The van der Waals surface area contributed by atoms with Gasteiger partial charge in [0, 0.05) is 41.4 Å². The molecule has 0 unspecified atom stereocenters. The molecular weight excluding hydrogens is 398 g/mol. The molecule has 0 bridgehead atoms. The number of hydrogen-bond acceptors (Lipinski definition) is 4. The first-order valence-electron chi connectivity index (χ1n) is 11.3. The van der Waals surface area contributed by atoms with Crippen molar-refractivity contribution in [1.29, 1.82) is 0 Å². The third kappa shape index (κ3) is 4.49. The van der Waals surface area contributed by atoms with E-state index in [-0.39, 0.29) is 5.91 Å². The van der Waals surface area contributed by atoms with Crippen LogP contribution in [0, 0.1) is 0 Å². The Balaban J connectivity index is 1.22. The molecule has 162 valence electrons. The molecule has 5 rings (SSSR count). The van der Waals surface area contributed by atoms with Crippen molar-refractivity contribution in [2.75, 3.05) is 23.3 Å². The summed E-state index contributed by atoms with van der Waals surface area (Å²) in [7, 11) is 0. The van der Waals surface area contributed by atoms with Crippen molar-refractivity contribution in [2.45, 2.75) is 32.1 Å². The van der Waals surface area contributed by atoms with E-state index in [0.29, 0.717) is 6.42 Å². The predicted octanol–water partition coefficient (Wildman–Crippen LogP) is 5.19. The minimum Gasteiger partial charge on any atom is -0.361 e. The number of fused-ring (bicyclic) bond motifs is 1. The molecule has 2 N–H and O–H groups in total. The van der Waals surface area contributed by atoms with E-state index < -0.39 is 0 Å². The lowest BCUT2D eigenvalue weighted by Gasteiger charge is -2.20. The van der Waals surface area contributed by atoms with Crippen molar-refractivity contribution in [1.82, 2.24) is 15.2 Å². The smallest absolute Gasteiger partial charge is 0.228 e. The van der Waals surface area contributed by atoms with E-state index in [1.165, 1.54) is 25.7 Å². The molecule has 1 aliphatic rings. The molecule has 0 saturated carbocycles. The number of aromatic nitrogens is 3. The van der Waals surface area contributed by atoms with Gasteiger partial charge in [0.05, 0.1) is 12.1 Å². The summed E-state index contributed by atoms with van der Waals surface area (Å²) >= 11 is 0. The van der Waals surface area contributed by atoms with Gasteiger partial charge in [0.25, 0.3) is 0 Å². The fraction of sp³-hybridized carbons (Fsp3) is 0.269. The summed E-state index contributed by atoms with van der Waals surface area (Å²) in [6, 6.07) is 19.9. The lowest BCUT2D eigenvalue weighted by atomic mass is 10.1. The van der Waals surface area contributed by atoms with Crippen LogP contribution in [0.1, 0.15) is 31.2 Å². The molecule has 1 saturated heterocycles. The molecule has 0 radical (unpaired) electrons. The largest absolute Gasteiger partial charge is 0.361 e. The van der Waals surface area contributed by atoms with Crippen LogP contribution in [0.4, 0.5) is 11.5 Å². The Morgan fingerprint density at radius 2 is 1.69 bits per heavy atom. The zero-order valence-corrected chi connectivity index (χ0v) is 18.1. The van der Waals surface area contributed by atoms with E-state index in [1.807, 2.05) is 60.8 Å². The first-order chi connectivity index (χ1) is 15.8. The summed E-state index contributed by atoms with van der Waals surface area (Å²) in [5.41, 5.74) is 4.62. The van der Waals surface area contributed by atoms with Crippen molar-refractivity contribution in [2.24, 2.45) is 0 Å². The summed E-state index contributed by atoms with van der Waals surface area (Å²) in [4.78, 5) is 18.1. The Bertz CT molecular complexity index is 1190. The van der Waals surface area contributed by atoms with Crippen LogP contribution in [0.15, 0.2) is 66.9 Å². The summed E-state index contributed by atoms with van der Waals surface area (Å²) in [5.74, 6) is 0.918. The number of H-pyrrole nitrogens is 1. The third-order valence-electron chi connectivity index (χ3n) is 6.07. The molecule has 0 aliphatic carbocycles. The first kappa shape index (κ1) is 20.2. The SMILES string of the molecule is O=C(Cc1c[nH]c2ccccc12)Nc1ccc(-c2ccc(N3CCCCCC3)nn2)cc1. The van der Waals surface area contributed by atoms with Crippen molar-refractivity contribution in [3.63, 3.8) is 0 Å². The van der Waals surface area contributed by atoms with E-state index in [0.717, 1.165) is 52.3 Å². The molecule has 1 fully saturated rings. The second kappa shape index (κ2) is 9.22. The monoisotopic (exact) mass is 425 g/mol. The van der Waals surface area contributed by atoms with Crippen LogP contribution < -0.4 is 10.2 Å². The predicted molar refractivity (Wildman–Crippen MR) is 129 cm³/mol. The molecule has 2 aromatic carbocycles. The maximum atomic E-state index is 12.5. The molecule has 4 aromatic rings. The van der Waals surface area contributed by atoms with Crippen molar-refractivity contribution < 1.29 is 4.79 Å². The molecule has 1 amide bonds. The number of nitrogens with one attached hydrogen (secondary N) is 2. The molecular formula is C26H27N5O. The number of benzene rings is 2. The molecule has 1 aliphatic heterocycles. The number of rotatable bonds is 5. The highest BCUT2D eigenvalue weighted by Crippen LogP contribution is 2.23. The van der Waals surface area contributed by atoms with Crippen LogP contribution in [0.5, 0.6) is 0 Å². The maximum absolute atomic E-state index is 12.5. The fourth-order valence-electron chi connectivity index (χ4n) is 4.33. The van der Waals surface area contributed by atoms with Gasteiger partial charge in [0.2, 0.25) is 5.91 Å². The Hall–Kier alpha value is -3.67.